The van der Waals surface area contributed by atoms with Gasteiger partial charge in [0, 0.05) is 31.2 Å². The van der Waals surface area contributed by atoms with Gasteiger partial charge in [0.15, 0.2) is 0 Å². The maximum atomic E-state index is 12.8. The van der Waals surface area contributed by atoms with Gasteiger partial charge in [0.25, 0.3) is 5.91 Å². The van der Waals surface area contributed by atoms with Crippen molar-refractivity contribution < 1.29 is 4.79 Å². The molecule has 0 fully saturated rings. The van der Waals surface area contributed by atoms with Crippen molar-refractivity contribution in [2.24, 2.45) is 0 Å². The SMILES string of the molecule is CCc1cccc(C)c1Nc1ncc(C(=O)N(CC)Cc2ccccc2)cn1. The summed E-state index contributed by atoms with van der Waals surface area (Å²) in [5.41, 5.74) is 4.97. The number of nitrogens with one attached hydrogen (secondary N) is 1. The lowest BCUT2D eigenvalue weighted by molar-refractivity contribution is 0.0752. The molecular formula is C23H26N4O. The van der Waals surface area contributed by atoms with Gasteiger partial charge >= 0.3 is 0 Å². The lowest BCUT2D eigenvalue weighted by Gasteiger charge is -2.21. The third-order valence-electron chi connectivity index (χ3n) is 4.76. The highest BCUT2D eigenvalue weighted by atomic mass is 16.2. The molecular weight excluding hydrogens is 348 g/mol. The van der Waals surface area contributed by atoms with Crippen LogP contribution in [0.3, 0.4) is 0 Å². The maximum absolute atomic E-state index is 12.8. The number of para-hydroxylation sites is 1. The van der Waals surface area contributed by atoms with E-state index in [1.54, 1.807) is 17.3 Å². The highest BCUT2D eigenvalue weighted by Crippen LogP contribution is 2.23. The number of benzene rings is 2. The predicted molar refractivity (Wildman–Crippen MR) is 113 cm³/mol. The Morgan fingerprint density at radius 2 is 1.71 bits per heavy atom. The molecule has 0 aliphatic rings. The van der Waals surface area contributed by atoms with E-state index in [2.05, 4.69) is 41.3 Å². The van der Waals surface area contributed by atoms with Crippen LogP contribution in [0.1, 0.15) is 40.9 Å². The molecule has 1 amide bonds. The van der Waals surface area contributed by atoms with Gasteiger partial charge < -0.3 is 10.2 Å². The summed E-state index contributed by atoms with van der Waals surface area (Å²) in [4.78, 5) is 23.4. The molecule has 0 radical (unpaired) electrons. The van der Waals surface area contributed by atoms with Crippen LogP contribution in [0.25, 0.3) is 0 Å². The zero-order valence-corrected chi connectivity index (χ0v) is 16.6. The number of nitrogens with zero attached hydrogens (tertiary/aromatic N) is 3. The van der Waals surface area contributed by atoms with Crippen LogP contribution >= 0.6 is 0 Å². The fourth-order valence-electron chi connectivity index (χ4n) is 3.13. The summed E-state index contributed by atoms with van der Waals surface area (Å²) in [5, 5.41) is 3.29. The standard InChI is InChI=1S/C23H26N4O/c1-4-19-13-9-10-17(3)21(19)26-23-24-14-20(15-25-23)22(28)27(5-2)16-18-11-7-6-8-12-18/h6-15H,4-5,16H2,1-3H3,(H,24,25,26). The molecule has 0 saturated heterocycles. The van der Waals surface area contributed by atoms with Crippen LogP contribution in [-0.2, 0) is 13.0 Å². The van der Waals surface area contributed by atoms with E-state index in [9.17, 15) is 4.79 Å². The molecule has 0 aliphatic heterocycles. The van der Waals surface area contributed by atoms with Crippen LogP contribution in [0.5, 0.6) is 0 Å². The van der Waals surface area contributed by atoms with Gasteiger partial charge in [-0.3, -0.25) is 4.79 Å². The first-order chi connectivity index (χ1) is 13.6. The molecule has 2 aromatic carbocycles. The molecule has 0 spiro atoms. The Morgan fingerprint density at radius 1 is 1.00 bits per heavy atom. The fraction of sp³-hybridized carbons (Fsp3) is 0.261. The number of amides is 1. The van der Waals surface area contributed by atoms with Gasteiger partial charge in [-0.15, -0.1) is 0 Å². The van der Waals surface area contributed by atoms with Crippen molar-refractivity contribution in [3.63, 3.8) is 0 Å². The number of carbonyl (C=O) groups excluding carboxylic acids is 1. The molecule has 0 unspecified atom stereocenters. The second-order valence-electron chi connectivity index (χ2n) is 6.69. The minimum atomic E-state index is -0.0666. The smallest absolute Gasteiger partial charge is 0.257 e. The van der Waals surface area contributed by atoms with Crippen LogP contribution in [0, 0.1) is 6.92 Å². The first-order valence-corrected chi connectivity index (χ1v) is 9.63. The van der Waals surface area contributed by atoms with E-state index in [0.29, 0.717) is 24.6 Å². The second kappa shape index (κ2) is 9.13. The van der Waals surface area contributed by atoms with Gasteiger partial charge in [0.2, 0.25) is 5.95 Å². The second-order valence-corrected chi connectivity index (χ2v) is 6.69. The van der Waals surface area contributed by atoms with E-state index in [0.717, 1.165) is 23.2 Å². The lowest BCUT2D eigenvalue weighted by Crippen LogP contribution is -2.30. The normalized spacial score (nSPS) is 10.5. The van der Waals surface area contributed by atoms with Crippen molar-refractivity contribution in [1.29, 1.82) is 0 Å². The Kier molecular flexibility index (Phi) is 6.37. The Balaban J connectivity index is 1.74. The summed E-state index contributed by atoms with van der Waals surface area (Å²) in [6.07, 6.45) is 4.11. The lowest BCUT2D eigenvalue weighted by atomic mass is 10.1. The molecule has 0 saturated carbocycles. The van der Waals surface area contributed by atoms with Crippen LogP contribution in [0.15, 0.2) is 60.9 Å². The molecule has 0 atom stereocenters. The van der Waals surface area contributed by atoms with Crippen LogP contribution in [0.4, 0.5) is 11.6 Å². The molecule has 1 aromatic heterocycles. The average molecular weight is 374 g/mol. The Hall–Kier alpha value is -3.21. The molecule has 144 valence electrons. The maximum Gasteiger partial charge on any atom is 0.257 e. The minimum absolute atomic E-state index is 0.0666. The molecule has 3 rings (SSSR count). The molecule has 5 nitrogen and oxygen atoms in total. The summed E-state index contributed by atoms with van der Waals surface area (Å²) in [7, 11) is 0. The first-order valence-electron chi connectivity index (χ1n) is 9.63. The highest BCUT2D eigenvalue weighted by molar-refractivity contribution is 5.93. The van der Waals surface area contributed by atoms with Crippen molar-refractivity contribution in [3.8, 4) is 0 Å². The van der Waals surface area contributed by atoms with E-state index in [-0.39, 0.29) is 5.91 Å². The number of hydrogen-bond donors (Lipinski definition) is 1. The average Bonchev–Trinajstić information content (AvgIpc) is 2.74. The number of anilines is 2. The fourth-order valence-corrected chi connectivity index (χ4v) is 3.13. The zero-order chi connectivity index (χ0) is 19.9. The summed E-state index contributed by atoms with van der Waals surface area (Å²) >= 11 is 0. The van der Waals surface area contributed by atoms with Crippen molar-refractivity contribution in [1.82, 2.24) is 14.9 Å². The van der Waals surface area contributed by atoms with E-state index in [1.807, 2.05) is 43.3 Å². The zero-order valence-electron chi connectivity index (χ0n) is 16.6. The molecule has 0 aliphatic carbocycles. The largest absolute Gasteiger partial charge is 0.335 e. The molecule has 1 heterocycles. The molecule has 5 heteroatoms. The summed E-state index contributed by atoms with van der Waals surface area (Å²) in [6, 6.07) is 16.2. The van der Waals surface area contributed by atoms with Gasteiger partial charge in [-0.05, 0) is 37.0 Å². The number of aryl methyl sites for hydroxylation is 2. The van der Waals surface area contributed by atoms with Crippen molar-refractivity contribution in [2.45, 2.75) is 33.7 Å². The van der Waals surface area contributed by atoms with Gasteiger partial charge in [0.05, 0.1) is 5.56 Å². The highest BCUT2D eigenvalue weighted by Gasteiger charge is 2.16. The van der Waals surface area contributed by atoms with Crippen LogP contribution in [0.2, 0.25) is 0 Å². The number of hydrogen-bond acceptors (Lipinski definition) is 4. The number of rotatable bonds is 7. The van der Waals surface area contributed by atoms with E-state index in [1.165, 1.54) is 5.56 Å². The first kappa shape index (κ1) is 19.5. The van der Waals surface area contributed by atoms with Crippen LogP contribution in [-0.4, -0.2) is 27.3 Å². The topological polar surface area (TPSA) is 58.1 Å². The van der Waals surface area contributed by atoms with Crippen LogP contribution < -0.4 is 5.32 Å². The van der Waals surface area contributed by atoms with Gasteiger partial charge in [0.1, 0.15) is 0 Å². The summed E-state index contributed by atoms with van der Waals surface area (Å²) in [6.45, 7) is 7.34. The quantitative estimate of drug-likeness (QED) is 0.648. The number of aromatic nitrogens is 2. The van der Waals surface area contributed by atoms with Crippen molar-refractivity contribution in [2.75, 3.05) is 11.9 Å². The van der Waals surface area contributed by atoms with E-state index >= 15 is 0 Å². The predicted octanol–water partition coefficient (Wildman–Crippen LogP) is 4.75. The summed E-state index contributed by atoms with van der Waals surface area (Å²) < 4.78 is 0. The molecule has 1 N–H and O–H groups in total. The Bertz CT molecular complexity index is 923. The monoisotopic (exact) mass is 374 g/mol. The van der Waals surface area contributed by atoms with Gasteiger partial charge in [-0.1, -0.05) is 55.5 Å². The van der Waals surface area contributed by atoms with Gasteiger partial charge in [-0.2, -0.15) is 0 Å². The van der Waals surface area contributed by atoms with E-state index < -0.39 is 0 Å². The Labute approximate surface area is 166 Å². The van der Waals surface area contributed by atoms with Crippen molar-refractivity contribution >= 4 is 17.5 Å². The van der Waals surface area contributed by atoms with E-state index in [4.69, 9.17) is 0 Å². The number of carbonyl (C=O) groups is 1. The summed E-state index contributed by atoms with van der Waals surface area (Å²) in [5.74, 6) is 0.426. The molecule has 0 bridgehead atoms. The molecule has 3 aromatic rings. The third-order valence-corrected chi connectivity index (χ3v) is 4.76. The molecule has 28 heavy (non-hydrogen) atoms. The minimum Gasteiger partial charge on any atom is -0.335 e. The van der Waals surface area contributed by atoms with Gasteiger partial charge in [-0.25, -0.2) is 9.97 Å². The third kappa shape index (κ3) is 4.55. The Morgan fingerprint density at radius 3 is 2.36 bits per heavy atom. The van der Waals surface area contributed by atoms with Crippen molar-refractivity contribution in [3.05, 3.63) is 83.2 Å².